The summed E-state index contributed by atoms with van der Waals surface area (Å²) in [5, 5.41) is 10.8. The normalized spacial score (nSPS) is 23.4. The van der Waals surface area contributed by atoms with Crippen LogP contribution < -0.4 is 0 Å². The minimum atomic E-state index is -1.50. The van der Waals surface area contributed by atoms with Crippen molar-refractivity contribution in [3.63, 3.8) is 0 Å². The molecule has 1 aromatic rings. The highest BCUT2D eigenvalue weighted by Gasteiger charge is 2.44. The van der Waals surface area contributed by atoms with Gasteiger partial charge in [0.25, 0.3) is 0 Å². The van der Waals surface area contributed by atoms with Crippen molar-refractivity contribution in [3.8, 4) is 0 Å². The number of carbonyl (C=O) groups excluding carboxylic acids is 2. The molecule has 0 spiro atoms. The maximum absolute atomic E-state index is 12.1. The van der Waals surface area contributed by atoms with Crippen molar-refractivity contribution in [3.05, 3.63) is 35.4 Å². The Morgan fingerprint density at radius 3 is 2.47 bits per heavy atom. The number of Topliss-reactive ketones (excluding diaryl/α,β-unsaturated/α-hetero) is 2. The minimum Gasteiger partial charge on any atom is -0.377 e. The Morgan fingerprint density at radius 1 is 1.21 bits per heavy atom. The van der Waals surface area contributed by atoms with Gasteiger partial charge in [-0.15, -0.1) is 0 Å². The van der Waals surface area contributed by atoms with E-state index in [-0.39, 0.29) is 23.4 Å². The first-order valence-corrected chi connectivity index (χ1v) is 6.62. The maximum atomic E-state index is 12.1. The Bertz CT molecular complexity index is 525. The second-order valence-corrected chi connectivity index (χ2v) is 6.49. The molecule has 0 aliphatic heterocycles. The lowest BCUT2D eigenvalue weighted by Crippen LogP contribution is -2.42. The quantitative estimate of drug-likeness (QED) is 0.832. The molecule has 0 aromatic heterocycles. The summed E-state index contributed by atoms with van der Waals surface area (Å²) in [4.78, 5) is 24.0. The topological polar surface area (TPSA) is 54.4 Å². The van der Waals surface area contributed by atoms with E-state index in [9.17, 15) is 14.7 Å². The maximum Gasteiger partial charge on any atom is 0.176 e. The zero-order valence-corrected chi connectivity index (χ0v) is 11.7. The van der Waals surface area contributed by atoms with Crippen LogP contribution in [-0.4, -0.2) is 16.7 Å². The number of benzene rings is 1. The van der Waals surface area contributed by atoms with E-state index in [1.165, 1.54) is 0 Å². The summed E-state index contributed by atoms with van der Waals surface area (Å²) < 4.78 is 0. The van der Waals surface area contributed by atoms with Crippen molar-refractivity contribution in [1.82, 2.24) is 0 Å². The molecular formula is C16H20O3. The van der Waals surface area contributed by atoms with Crippen LogP contribution in [0.2, 0.25) is 0 Å². The van der Waals surface area contributed by atoms with Crippen molar-refractivity contribution in [1.29, 1.82) is 0 Å². The molecule has 1 unspecified atom stereocenters. The summed E-state index contributed by atoms with van der Waals surface area (Å²) in [6.07, 6.45) is 0.884. The van der Waals surface area contributed by atoms with Gasteiger partial charge in [0, 0.05) is 11.1 Å². The van der Waals surface area contributed by atoms with E-state index >= 15 is 0 Å². The van der Waals surface area contributed by atoms with Crippen LogP contribution in [0, 0.1) is 5.41 Å². The van der Waals surface area contributed by atoms with E-state index < -0.39 is 5.60 Å². The standard InChI is InChI=1S/C16H20O3/c1-15(2,3)8-9-16(19)12-7-5-4-6-11(12)13(17)10-14(16)18/h4-7,19H,8-10H2,1-3H3. The zero-order valence-electron chi connectivity index (χ0n) is 11.7. The van der Waals surface area contributed by atoms with Crippen LogP contribution in [0.15, 0.2) is 24.3 Å². The van der Waals surface area contributed by atoms with Gasteiger partial charge in [0.15, 0.2) is 11.6 Å². The molecule has 1 N–H and O–H groups in total. The van der Waals surface area contributed by atoms with Crippen LogP contribution in [0.1, 0.15) is 56.0 Å². The third-order valence-electron chi connectivity index (χ3n) is 3.69. The summed E-state index contributed by atoms with van der Waals surface area (Å²) in [6.45, 7) is 6.21. The molecule has 0 fully saturated rings. The van der Waals surface area contributed by atoms with Crippen molar-refractivity contribution < 1.29 is 14.7 Å². The third-order valence-corrected chi connectivity index (χ3v) is 3.69. The van der Waals surface area contributed by atoms with Gasteiger partial charge >= 0.3 is 0 Å². The molecule has 1 atom stereocenters. The molecule has 0 saturated heterocycles. The van der Waals surface area contributed by atoms with E-state index in [4.69, 9.17) is 0 Å². The molecule has 1 aliphatic rings. The van der Waals surface area contributed by atoms with Crippen LogP contribution in [0.5, 0.6) is 0 Å². The minimum absolute atomic E-state index is 0.0341. The molecule has 0 heterocycles. The third kappa shape index (κ3) is 2.61. The fourth-order valence-electron chi connectivity index (χ4n) is 2.45. The molecule has 1 aromatic carbocycles. The fraction of sp³-hybridized carbons (Fsp3) is 0.500. The van der Waals surface area contributed by atoms with Crippen LogP contribution in [-0.2, 0) is 10.4 Å². The average Bonchev–Trinajstić information content (AvgIpc) is 2.33. The van der Waals surface area contributed by atoms with E-state index in [0.717, 1.165) is 6.42 Å². The number of aliphatic hydroxyl groups is 1. The van der Waals surface area contributed by atoms with Crippen molar-refractivity contribution in [2.24, 2.45) is 5.41 Å². The molecule has 19 heavy (non-hydrogen) atoms. The van der Waals surface area contributed by atoms with Crippen molar-refractivity contribution in [2.75, 3.05) is 0 Å². The molecule has 0 bridgehead atoms. The lowest BCUT2D eigenvalue weighted by molar-refractivity contribution is -0.139. The lowest BCUT2D eigenvalue weighted by Gasteiger charge is -2.34. The summed E-state index contributed by atoms with van der Waals surface area (Å²) >= 11 is 0. The summed E-state index contributed by atoms with van der Waals surface area (Å²) in [7, 11) is 0. The Morgan fingerprint density at radius 2 is 1.84 bits per heavy atom. The highest BCUT2D eigenvalue weighted by molar-refractivity contribution is 6.15. The smallest absolute Gasteiger partial charge is 0.176 e. The molecule has 2 rings (SSSR count). The number of carbonyl (C=O) groups is 2. The second kappa shape index (κ2) is 4.57. The van der Waals surface area contributed by atoms with Gasteiger partial charge < -0.3 is 5.11 Å². The summed E-state index contributed by atoms with van der Waals surface area (Å²) in [6, 6.07) is 6.89. The first-order valence-electron chi connectivity index (χ1n) is 6.62. The Balaban J connectivity index is 2.41. The predicted octanol–water partition coefficient (Wildman–Crippen LogP) is 2.86. The van der Waals surface area contributed by atoms with Crippen molar-refractivity contribution >= 4 is 11.6 Å². The molecular weight excluding hydrogens is 240 g/mol. The first-order chi connectivity index (χ1) is 8.74. The van der Waals surface area contributed by atoms with Gasteiger partial charge in [-0.1, -0.05) is 45.0 Å². The Kier molecular flexibility index (Phi) is 3.35. The first kappa shape index (κ1) is 13.9. The number of hydrogen-bond acceptors (Lipinski definition) is 3. The van der Waals surface area contributed by atoms with Gasteiger partial charge in [-0.3, -0.25) is 9.59 Å². The van der Waals surface area contributed by atoms with Crippen LogP contribution in [0.4, 0.5) is 0 Å². The monoisotopic (exact) mass is 260 g/mol. The van der Waals surface area contributed by atoms with E-state index in [0.29, 0.717) is 17.5 Å². The number of ketones is 2. The van der Waals surface area contributed by atoms with Crippen LogP contribution in [0.3, 0.4) is 0 Å². The highest BCUT2D eigenvalue weighted by atomic mass is 16.3. The van der Waals surface area contributed by atoms with Crippen molar-refractivity contribution in [2.45, 2.75) is 45.6 Å². The molecule has 3 heteroatoms. The van der Waals surface area contributed by atoms with Gasteiger partial charge in [-0.05, 0) is 18.3 Å². The van der Waals surface area contributed by atoms with Gasteiger partial charge in [0.2, 0.25) is 0 Å². The highest BCUT2D eigenvalue weighted by Crippen LogP contribution is 2.38. The van der Waals surface area contributed by atoms with E-state index in [1.807, 2.05) is 0 Å². The summed E-state index contributed by atoms with van der Waals surface area (Å²) in [5.41, 5.74) is -0.511. The van der Waals surface area contributed by atoms with Crippen LogP contribution >= 0.6 is 0 Å². The Hall–Kier alpha value is -1.48. The molecule has 0 saturated carbocycles. The van der Waals surface area contributed by atoms with E-state index in [1.54, 1.807) is 24.3 Å². The summed E-state index contributed by atoms with van der Waals surface area (Å²) in [5.74, 6) is -0.568. The predicted molar refractivity (Wildman–Crippen MR) is 73.0 cm³/mol. The molecule has 0 radical (unpaired) electrons. The largest absolute Gasteiger partial charge is 0.377 e. The lowest BCUT2D eigenvalue weighted by atomic mass is 9.73. The van der Waals surface area contributed by atoms with Gasteiger partial charge in [0.05, 0.1) is 6.42 Å². The second-order valence-electron chi connectivity index (χ2n) is 6.49. The van der Waals surface area contributed by atoms with Gasteiger partial charge in [-0.2, -0.15) is 0 Å². The van der Waals surface area contributed by atoms with Gasteiger partial charge in [0.1, 0.15) is 5.60 Å². The van der Waals surface area contributed by atoms with E-state index in [2.05, 4.69) is 20.8 Å². The SMILES string of the molecule is CC(C)(C)CCC1(O)C(=O)CC(=O)c2ccccc21. The molecule has 3 nitrogen and oxygen atoms in total. The number of fused-ring (bicyclic) bond motifs is 1. The molecule has 0 amide bonds. The number of rotatable bonds is 2. The zero-order chi connectivity index (χ0) is 14.3. The van der Waals surface area contributed by atoms with Gasteiger partial charge in [-0.25, -0.2) is 0 Å². The molecule has 102 valence electrons. The molecule has 1 aliphatic carbocycles. The van der Waals surface area contributed by atoms with Crippen LogP contribution in [0.25, 0.3) is 0 Å². The fourth-order valence-corrected chi connectivity index (χ4v) is 2.45. The Labute approximate surface area is 113 Å². The number of hydrogen-bond donors (Lipinski definition) is 1. The average molecular weight is 260 g/mol.